The van der Waals surface area contributed by atoms with Gasteiger partial charge in [0.2, 0.25) is 0 Å². The lowest BCUT2D eigenvalue weighted by molar-refractivity contribution is -0.139. The zero-order chi connectivity index (χ0) is 24.7. The first kappa shape index (κ1) is 24.3. The maximum absolute atomic E-state index is 14.0. The van der Waals surface area contributed by atoms with Crippen LogP contribution in [0.5, 0.6) is 0 Å². The number of aromatic nitrogens is 1. The van der Waals surface area contributed by atoms with E-state index in [1.54, 1.807) is 11.8 Å². The van der Waals surface area contributed by atoms with Gasteiger partial charge in [0, 0.05) is 24.5 Å². The van der Waals surface area contributed by atoms with Gasteiger partial charge in [0.05, 0.1) is 22.9 Å². The lowest BCUT2D eigenvalue weighted by Crippen LogP contribution is -2.33. The molecule has 4 rings (SSSR count). The Morgan fingerprint density at radius 2 is 1.68 bits per heavy atom. The van der Waals surface area contributed by atoms with Crippen LogP contribution in [-0.2, 0) is 12.4 Å². The highest BCUT2D eigenvalue weighted by molar-refractivity contribution is 5.39. The summed E-state index contributed by atoms with van der Waals surface area (Å²) >= 11 is 0. The fourth-order valence-corrected chi connectivity index (χ4v) is 4.69. The molecule has 0 aliphatic carbocycles. The third-order valence-corrected chi connectivity index (χ3v) is 6.36. The SMILES string of the molecule is Cc1ccc(C(F)(F)F)c(C(c2ccc(C(F)(F)F)cc2)N2C=C([C@@H]3CCCN3C)C=CC2)n1. The van der Waals surface area contributed by atoms with Gasteiger partial charge < -0.3 is 4.90 Å². The molecule has 1 aromatic carbocycles. The number of hydrogen-bond donors (Lipinski definition) is 0. The number of rotatable bonds is 4. The Morgan fingerprint density at radius 3 is 2.26 bits per heavy atom. The summed E-state index contributed by atoms with van der Waals surface area (Å²) in [5, 5.41) is 0. The average molecular weight is 481 g/mol. The normalized spacial score (nSPS) is 20.5. The van der Waals surface area contributed by atoms with E-state index < -0.39 is 29.5 Å². The minimum Gasteiger partial charge on any atom is -0.361 e. The van der Waals surface area contributed by atoms with Crippen molar-refractivity contribution in [1.29, 1.82) is 0 Å². The number of likely N-dealkylation sites (tertiary alicyclic amines) is 1. The number of benzene rings is 1. The third kappa shape index (κ3) is 4.99. The number of likely N-dealkylation sites (N-methyl/N-ethyl adjacent to an activating group) is 1. The van der Waals surface area contributed by atoms with Gasteiger partial charge in [0.15, 0.2) is 0 Å². The van der Waals surface area contributed by atoms with Crippen molar-refractivity contribution < 1.29 is 26.3 Å². The number of hydrogen-bond acceptors (Lipinski definition) is 3. The molecule has 1 aromatic heterocycles. The fourth-order valence-electron chi connectivity index (χ4n) is 4.69. The van der Waals surface area contributed by atoms with Gasteiger partial charge in [-0.1, -0.05) is 24.3 Å². The van der Waals surface area contributed by atoms with Gasteiger partial charge in [-0.2, -0.15) is 26.3 Å². The molecular weight excluding hydrogens is 456 g/mol. The van der Waals surface area contributed by atoms with Crippen LogP contribution in [0.3, 0.4) is 0 Å². The smallest absolute Gasteiger partial charge is 0.361 e. The Labute approximate surface area is 194 Å². The second kappa shape index (κ2) is 9.09. The Hall–Kier alpha value is -2.81. The number of aryl methyl sites for hydroxylation is 1. The van der Waals surface area contributed by atoms with Crippen LogP contribution in [-0.4, -0.2) is 41.0 Å². The van der Waals surface area contributed by atoms with Crippen LogP contribution in [0.25, 0.3) is 0 Å². The molecule has 1 saturated heterocycles. The summed E-state index contributed by atoms with van der Waals surface area (Å²) in [7, 11) is 2.00. The van der Waals surface area contributed by atoms with E-state index in [0.29, 0.717) is 17.8 Å². The lowest BCUT2D eigenvalue weighted by atomic mass is 9.94. The van der Waals surface area contributed by atoms with Gasteiger partial charge in [0.1, 0.15) is 0 Å². The molecule has 0 saturated carbocycles. The molecule has 3 nitrogen and oxygen atoms in total. The summed E-state index contributed by atoms with van der Waals surface area (Å²) in [6.45, 7) is 2.83. The fraction of sp³-hybridized carbons (Fsp3) is 0.400. The molecule has 0 amide bonds. The largest absolute Gasteiger partial charge is 0.418 e. The summed E-state index contributed by atoms with van der Waals surface area (Å²) in [4.78, 5) is 8.18. The van der Waals surface area contributed by atoms with Crippen molar-refractivity contribution in [2.24, 2.45) is 0 Å². The Kier molecular flexibility index (Phi) is 6.50. The number of halogens is 6. The van der Waals surface area contributed by atoms with Gasteiger partial charge in [-0.05, 0) is 68.8 Å². The summed E-state index contributed by atoms with van der Waals surface area (Å²) in [5.41, 5.74) is -0.312. The summed E-state index contributed by atoms with van der Waals surface area (Å²) in [6.07, 6.45) is -1.57. The zero-order valence-corrected chi connectivity index (χ0v) is 18.8. The van der Waals surface area contributed by atoms with Crippen LogP contribution < -0.4 is 0 Å². The average Bonchev–Trinajstić information content (AvgIpc) is 3.19. The van der Waals surface area contributed by atoms with Gasteiger partial charge >= 0.3 is 12.4 Å². The van der Waals surface area contributed by atoms with Gasteiger partial charge in [0.25, 0.3) is 0 Å². The second-order valence-electron chi connectivity index (χ2n) is 8.77. The zero-order valence-electron chi connectivity index (χ0n) is 18.8. The standard InChI is InChI=1S/C25H25F6N3/c1-16-7-12-20(25(29,30)31)22(32-16)23(17-8-10-19(11-9-17)24(26,27)28)34-14-3-5-18(15-34)21-6-4-13-33(21)2/h3,5,7-12,15,21,23H,4,6,13-14H2,1-2H3/t21-,23?/m0/s1. The van der Waals surface area contributed by atoms with Crippen LogP contribution in [0.1, 0.15) is 47.0 Å². The molecule has 2 atom stereocenters. The van der Waals surface area contributed by atoms with Crippen molar-refractivity contribution in [2.45, 2.75) is 44.2 Å². The molecule has 0 spiro atoms. The van der Waals surface area contributed by atoms with Crippen molar-refractivity contribution in [3.05, 3.63) is 88.4 Å². The highest BCUT2D eigenvalue weighted by atomic mass is 19.4. The van der Waals surface area contributed by atoms with E-state index in [1.165, 1.54) is 18.2 Å². The van der Waals surface area contributed by atoms with Gasteiger partial charge in [-0.25, -0.2) is 0 Å². The third-order valence-electron chi connectivity index (χ3n) is 6.36. The maximum atomic E-state index is 14.0. The monoisotopic (exact) mass is 481 g/mol. The minimum atomic E-state index is -4.66. The van der Waals surface area contributed by atoms with E-state index in [0.717, 1.165) is 43.2 Å². The molecule has 182 valence electrons. The first-order valence-corrected chi connectivity index (χ1v) is 11.0. The summed E-state index contributed by atoms with van der Waals surface area (Å²) in [5.74, 6) is 0. The Morgan fingerprint density at radius 1 is 0.971 bits per heavy atom. The number of alkyl halides is 6. The van der Waals surface area contributed by atoms with Crippen LogP contribution in [0, 0.1) is 6.92 Å². The highest BCUT2D eigenvalue weighted by Crippen LogP contribution is 2.40. The molecule has 3 heterocycles. The summed E-state index contributed by atoms with van der Waals surface area (Å²) < 4.78 is 81.3. The molecule has 1 fully saturated rings. The molecule has 1 unspecified atom stereocenters. The first-order chi connectivity index (χ1) is 15.9. The van der Waals surface area contributed by atoms with E-state index in [-0.39, 0.29) is 11.7 Å². The lowest BCUT2D eigenvalue weighted by Gasteiger charge is -2.35. The molecule has 9 heteroatoms. The van der Waals surface area contributed by atoms with Gasteiger partial charge in [-0.3, -0.25) is 9.88 Å². The van der Waals surface area contributed by atoms with Crippen LogP contribution in [0.2, 0.25) is 0 Å². The van der Waals surface area contributed by atoms with Crippen LogP contribution in [0.4, 0.5) is 26.3 Å². The van der Waals surface area contributed by atoms with Gasteiger partial charge in [-0.15, -0.1) is 0 Å². The molecular formula is C25H25F6N3. The number of nitrogens with zero attached hydrogens (tertiary/aromatic N) is 3. The van der Waals surface area contributed by atoms with Crippen molar-refractivity contribution in [1.82, 2.24) is 14.8 Å². The van der Waals surface area contributed by atoms with E-state index in [2.05, 4.69) is 9.88 Å². The topological polar surface area (TPSA) is 19.4 Å². The molecule has 0 N–H and O–H groups in total. The van der Waals surface area contributed by atoms with E-state index in [1.807, 2.05) is 25.4 Å². The minimum absolute atomic E-state index is 0.139. The Bertz CT molecular complexity index is 1090. The van der Waals surface area contributed by atoms with Crippen LogP contribution >= 0.6 is 0 Å². The molecule has 0 bridgehead atoms. The highest BCUT2D eigenvalue weighted by Gasteiger charge is 2.39. The quantitative estimate of drug-likeness (QED) is 0.474. The van der Waals surface area contributed by atoms with Crippen molar-refractivity contribution in [3.63, 3.8) is 0 Å². The van der Waals surface area contributed by atoms with E-state index in [9.17, 15) is 26.3 Å². The maximum Gasteiger partial charge on any atom is 0.418 e. The van der Waals surface area contributed by atoms with Crippen molar-refractivity contribution >= 4 is 0 Å². The molecule has 0 radical (unpaired) electrons. The molecule has 2 aromatic rings. The van der Waals surface area contributed by atoms with Crippen molar-refractivity contribution in [2.75, 3.05) is 20.1 Å². The predicted molar refractivity (Wildman–Crippen MR) is 117 cm³/mol. The second-order valence-corrected chi connectivity index (χ2v) is 8.77. The molecule has 2 aliphatic rings. The van der Waals surface area contributed by atoms with E-state index >= 15 is 0 Å². The molecule has 2 aliphatic heterocycles. The van der Waals surface area contributed by atoms with E-state index in [4.69, 9.17) is 0 Å². The summed E-state index contributed by atoms with van der Waals surface area (Å²) in [6, 6.07) is 5.70. The van der Waals surface area contributed by atoms with Crippen molar-refractivity contribution in [3.8, 4) is 0 Å². The number of pyridine rings is 1. The predicted octanol–water partition coefficient (Wildman–Crippen LogP) is 6.37. The van der Waals surface area contributed by atoms with Crippen LogP contribution in [0.15, 0.2) is 60.3 Å². The molecule has 34 heavy (non-hydrogen) atoms. The first-order valence-electron chi connectivity index (χ1n) is 11.0. The Balaban J connectivity index is 1.84.